The number of hydrogen-bond donors (Lipinski definition) is 1. The smallest absolute Gasteiger partial charge is 0.151 e. The van der Waals surface area contributed by atoms with Crippen molar-refractivity contribution in [3.63, 3.8) is 0 Å². The second kappa shape index (κ2) is 7.69. The first-order chi connectivity index (χ1) is 10.5. The maximum atomic E-state index is 11.2. The monoisotopic (exact) mass is 324 g/mol. The standard InChI is InChI=1S/C15H24N4O2S/c1-11-10-17-15(16)13-14(11)19(7-4-5-9-22(3)20)12(18-13)6-8-21-2/h10H,4-9H2,1-3H3,(H2,16,17). The van der Waals surface area contributed by atoms with Gasteiger partial charge < -0.3 is 15.0 Å². The van der Waals surface area contributed by atoms with Gasteiger partial charge in [0, 0.05) is 49.1 Å². The van der Waals surface area contributed by atoms with Crippen molar-refractivity contribution in [2.24, 2.45) is 0 Å². The molecule has 0 bridgehead atoms. The van der Waals surface area contributed by atoms with E-state index in [1.165, 1.54) is 0 Å². The molecule has 2 heterocycles. The number of methoxy groups -OCH3 is 1. The molecule has 6 nitrogen and oxygen atoms in total. The minimum absolute atomic E-state index is 0.465. The van der Waals surface area contributed by atoms with E-state index in [-0.39, 0.29) is 0 Å². The molecule has 0 aliphatic heterocycles. The molecule has 0 spiro atoms. The summed E-state index contributed by atoms with van der Waals surface area (Å²) in [5.41, 5.74) is 8.86. The number of ether oxygens (including phenoxy) is 1. The number of nitrogen functional groups attached to an aromatic ring is 1. The number of unbranched alkanes of at least 4 members (excludes halogenated alkanes) is 1. The number of rotatable bonds is 8. The van der Waals surface area contributed by atoms with Gasteiger partial charge in [-0.05, 0) is 25.3 Å². The normalized spacial score (nSPS) is 12.9. The Balaban J connectivity index is 2.30. The molecule has 0 amide bonds. The number of aromatic nitrogens is 3. The Morgan fingerprint density at radius 2 is 2.18 bits per heavy atom. The Labute approximate surface area is 133 Å². The van der Waals surface area contributed by atoms with Gasteiger partial charge in [0.2, 0.25) is 0 Å². The van der Waals surface area contributed by atoms with Crippen LogP contribution in [0.15, 0.2) is 6.20 Å². The van der Waals surface area contributed by atoms with Crippen molar-refractivity contribution in [3.8, 4) is 0 Å². The number of anilines is 1. The Morgan fingerprint density at radius 1 is 1.41 bits per heavy atom. The molecule has 0 saturated heterocycles. The van der Waals surface area contributed by atoms with Crippen LogP contribution >= 0.6 is 0 Å². The van der Waals surface area contributed by atoms with Crippen LogP contribution in [0.2, 0.25) is 0 Å². The van der Waals surface area contributed by atoms with Crippen LogP contribution in [-0.2, 0) is 28.5 Å². The third-order valence-corrected chi connectivity index (χ3v) is 4.52. The fourth-order valence-corrected chi connectivity index (χ4v) is 3.18. The highest BCUT2D eigenvalue weighted by Crippen LogP contribution is 2.24. The molecule has 2 aromatic rings. The van der Waals surface area contributed by atoms with E-state index in [2.05, 4.69) is 14.5 Å². The molecule has 7 heteroatoms. The van der Waals surface area contributed by atoms with Crippen LogP contribution in [-0.4, -0.2) is 44.5 Å². The summed E-state index contributed by atoms with van der Waals surface area (Å²) in [5, 5.41) is 0. The number of nitrogens with two attached hydrogens (primary N) is 1. The van der Waals surface area contributed by atoms with Crippen molar-refractivity contribution >= 4 is 27.7 Å². The van der Waals surface area contributed by atoms with E-state index in [0.717, 1.165) is 54.0 Å². The van der Waals surface area contributed by atoms with Gasteiger partial charge in [0.25, 0.3) is 0 Å². The Bertz CT molecular complexity index is 669. The van der Waals surface area contributed by atoms with Gasteiger partial charge in [0.1, 0.15) is 11.3 Å². The van der Waals surface area contributed by atoms with Crippen molar-refractivity contribution < 1.29 is 8.95 Å². The molecule has 0 fully saturated rings. The first-order valence-corrected chi connectivity index (χ1v) is 9.16. The Morgan fingerprint density at radius 3 is 2.86 bits per heavy atom. The van der Waals surface area contributed by atoms with Crippen LogP contribution in [0.1, 0.15) is 24.2 Å². The van der Waals surface area contributed by atoms with Gasteiger partial charge in [0.05, 0.1) is 12.1 Å². The molecule has 0 aromatic carbocycles. The maximum absolute atomic E-state index is 11.2. The van der Waals surface area contributed by atoms with Crippen LogP contribution < -0.4 is 5.73 Å². The van der Waals surface area contributed by atoms with Crippen molar-refractivity contribution in [1.82, 2.24) is 14.5 Å². The van der Waals surface area contributed by atoms with Crippen LogP contribution in [0.25, 0.3) is 11.0 Å². The van der Waals surface area contributed by atoms with Gasteiger partial charge in [0.15, 0.2) is 5.82 Å². The lowest BCUT2D eigenvalue weighted by Crippen LogP contribution is -2.08. The van der Waals surface area contributed by atoms with Crippen LogP contribution in [0.3, 0.4) is 0 Å². The molecule has 1 unspecified atom stereocenters. The number of imidazole rings is 1. The summed E-state index contributed by atoms with van der Waals surface area (Å²) in [6.07, 6.45) is 6.17. The fourth-order valence-electron chi connectivity index (χ4n) is 2.57. The summed E-state index contributed by atoms with van der Waals surface area (Å²) in [6, 6.07) is 0. The van der Waals surface area contributed by atoms with Gasteiger partial charge in [-0.2, -0.15) is 0 Å². The Kier molecular flexibility index (Phi) is 5.90. The predicted octanol–water partition coefficient (Wildman–Crippen LogP) is 1.67. The molecular formula is C15H24N4O2S. The first kappa shape index (κ1) is 16.9. The summed E-state index contributed by atoms with van der Waals surface area (Å²) in [4.78, 5) is 8.85. The van der Waals surface area contributed by atoms with Crippen LogP contribution in [0.5, 0.6) is 0 Å². The molecule has 1 atom stereocenters. The topological polar surface area (TPSA) is 83.0 Å². The molecule has 22 heavy (non-hydrogen) atoms. The summed E-state index contributed by atoms with van der Waals surface area (Å²) in [6.45, 7) is 3.49. The van der Waals surface area contributed by atoms with Crippen LogP contribution in [0.4, 0.5) is 5.82 Å². The van der Waals surface area contributed by atoms with E-state index in [0.29, 0.717) is 12.4 Å². The summed E-state index contributed by atoms with van der Waals surface area (Å²) < 4.78 is 18.6. The van der Waals surface area contributed by atoms with Crippen molar-refractivity contribution in [3.05, 3.63) is 17.6 Å². The average Bonchev–Trinajstić information content (AvgIpc) is 2.85. The van der Waals surface area contributed by atoms with Crippen LogP contribution in [0, 0.1) is 6.92 Å². The zero-order chi connectivity index (χ0) is 16.1. The van der Waals surface area contributed by atoms with E-state index >= 15 is 0 Å². The highest BCUT2D eigenvalue weighted by atomic mass is 32.2. The minimum atomic E-state index is -0.734. The zero-order valence-electron chi connectivity index (χ0n) is 13.5. The molecular weight excluding hydrogens is 300 g/mol. The van der Waals surface area contributed by atoms with Crippen molar-refractivity contribution in [2.45, 2.75) is 32.7 Å². The van der Waals surface area contributed by atoms with Gasteiger partial charge in [-0.1, -0.05) is 0 Å². The molecule has 0 aliphatic rings. The third-order valence-electron chi connectivity index (χ3n) is 3.65. The predicted molar refractivity (Wildman–Crippen MR) is 90.4 cm³/mol. The average molecular weight is 324 g/mol. The molecule has 2 rings (SSSR count). The summed E-state index contributed by atoms with van der Waals surface area (Å²) >= 11 is 0. The number of hydrogen-bond acceptors (Lipinski definition) is 5. The molecule has 122 valence electrons. The SMILES string of the molecule is COCCc1nc2c(N)ncc(C)c2n1CCCCS(C)=O. The van der Waals surface area contributed by atoms with E-state index < -0.39 is 10.8 Å². The highest BCUT2D eigenvalue weighted by molar-refractivity contribution is 7.84. The lowest BCUT2D eigenvalue weighted by atomic mass is 10.2. The minimum Gasteiger partial charge on any atom is -0.384 e. The number of aryl methyl sites for hydroxylation is 2. The third kappa shape index (κ3) is 3.84. The van der Waals surface area contributed by atoms with E-state index in [4.69, 9.17) is 10.5 Å². The number of pyridine rings is 1. The van der Waals surface area contributed by atoms with Crippen molar-refractivity contribution in [1.29, 1.82) is 0 Å². The van der Waals surface area contributed by atoms with Gasteiger partial charge in [-0.25, -0.2) is 9.97 Å². The summed E-state index contributed by atoms with van der Waals surface area (Å²) in [7, 11) is 0.951. The second-order valence-corrected chi connectivity index (χ2v) is 6.99. The van der Waals surface area contributed by atoms with E-state index in [9.17, 15) is 4.21 Å². The maximum Gasteiger partial charge on any atom is 0.151 e. The van der Waals surface area contributed by atoms with Crippen molar-refractivity contribution in [2.75, 3.05) is 31.5 Å². The Hall–Kier alpha value is -1.47. The molecule has 0 radical (unpaired) electrons. The lowest BCUT2D eigenvalue weighted by molar-refractivity contribution is 0.199. The van der Waals surface area contributed by atoms with Gasteiger partial charge >= 0.3 is 0 Å². The molecule has 2 N–H and O–H groups in total. The second-order valence-electron chi connectivity index (χ2n) is 5.43. The zero-order valence-corrected chi connectivity index (χ0v) is 14.3. The summed E-state index contributed by atoms with van der Waals surface area (Å²) in [5.74, 6) is 2.17. The number of fused-ring (bicyclic) bond motifs is 1. The van der Waals surface area contributed by atoms with E-state index in [1.54, 1.807) is 19.6 Å². The molecule has 0 aliphatic carbocycles. The largest absolute Gasteiger partial charge is 0.384 e. The lowest BCUT2D eigenvalue weighted by Gasteiger charge is -2.10. The van der Waals surface area contributed by atoms with Gasteiger partial charge in [-0.15, -0.1) is 0 Å². The number of nitrogens with zero attached hydrogens (tertiary/aromatic N) is 3. The highest BCUT2D eigenvalue weighted by Gasteiger charge is 2.15. The van der Waals surface area contributed by atoms with E-state index in [1.807, 2.05) is 6.92 Å². The molecule has 2 aromatic heterocycles. The van der Waals surface area contributed by atoms with Gasteiger partial charge in [-0.3, -0.25) is 4.21 Å². The fraction of sp³-hybridized carbons (Fsp3) is 0.600. The first-order valence-electron chi connectivity index (χ1n) is 7.43. The molecule has 0 saturated carbocycles. The quantitative estimate of drug-likeness (QED) is 0.747.